The fourth-order valence-corrected chi connectivity index (χ4v) is 2.80. The van der Waals surface area contributed by atoms with Crippen molar-refractivity contribution in [3.8, 4) is 5.75 Å². The molecule has 0 spiro atoms. The minimum Gasteiger partial charge on any atom is -0.497 e. The zero-order chi connectivity index (χ0) is 15.5. The molecule has 2 aromatic carbocycles. The molecule has 0 bridgehead atoms. The molecule has 1 heterocycles. The van der Waals surface area contributed by atoms with Crippen LogP contribution in [0.4, 0.5) is 0 Å². The second-order valence-electron chi connectivity index (χ2n) is 5.59. The molecule has 1 aliphatic rings. The minimum absolute atomic E-state index is 0.000971. The molecule has 4 heteroatoms. The number of benzene rings is 2. The van der Waals surface area contributed by atoms with Crippen molar-refractivity contribution in [1.82, 2.24) is 10.6 Å². The van der Waals surface area contributed by atoms with E-state index >= 15 is 0 Å². The second kappa shape index (κ2) is 6.20. The van der Waals surface area contributed by atoms with E-state index in [1.807, 2.05) is 0 Å². The average molecular weight is 296 g/mol. The molecule has 2 aromatic rings. The number of nitrogens with one attached hydrogen (secondary N) is 2. The summed E-state index contributed by atoms with van der Waals surface area (Å²) in [6, 6.07) is 13.5. The fourth-order valence-electron chi connectivity index (χ4n) is 2.80. The van der Waals surface area contributed by atoms with Crippen LogP contribution in [0.2, 0.25) is 0 Å². The summed E-state index contributed by atoms with van der Waals surface area (Å²) >= 11 is 0. The third-order valence-corrected chi connectivity index (χ3v) is 4.00. The van der Waals surface area contributed by atoms with Gasteiger partial charge in [0.2, 0.25) is 0 Å². The summed E-state index contributed by atoms with van der Waals surface area (Å²) < 4.78 is 5.11. The van der Waals surface area contributed by atoms with E-state index < -0.39 is 0 Å². The third kappa shape index (κ3) is 2.97. The molecule has 4 nitrogen and oxygen atoms in total. The van der Waals surface area contributed by atoms with Crippen LogP contribution in [-0.4, -0.2) is 19.6 Å². The van der Waals surface area contributed by atoms with Crippen LogP contribution in [0.3, 0.4) is 0 Å². The molecule has 2 N–H and O–H groups in total. The molecule has 0 radical (unpaired) electrons. The first-order valence-electron chi connectivity index (χ1n) is 7.42. The van der Waals surface area contributed by atoms with Crippen molar-refractivity contribution in [3.05, 3.63) is 64.7 Å². The van der Waals surface area contributed by atoms with E-state index in [4.69, 9.17) is 4.74 Å². The van der Waals surface area contributed by atoms with Gasteiger partial charge in [-0.2, -0.15) is 0 Å². The van der Waals surface area contributed by atoms with E-state index in [1.165, 1.54) is 16.7 Å². The number of methoxy groups -OCH3 is 1. The zero-order valence-corrected chi connectivity index (χ0v) is 12.8. The smallest absolute Gasteiger partial charge is 0.251 e. The van der Waals surface area contributed by atoms with Crippen LogP contribution in [0.5, 0.6) is 5.75 Å². The van der Waals surface area contributed by atoms with Crippen molar-refractivity contribution in [1.29, 1.82) is 0 Å². The molecular formula is C18H20N2O2. The molecule has 1 unspecified atom stereocenters. The predicted octanol–water partition coefficient (Wildman–Crippen LogP) is 2.58. The number of fused-ring (bicyclic) bond motifs is 1. The maximum absolute atomic E-state index is 12.4. The van der Waals surface area contributed by atoms with Crippen LogP contribution in [0, 0.1) is 6.92 Å². The standard InChI is InChI=1S/C18H20N2O2/c1-12-3-8-16-14(9-12)10-19-11-17(16)20-18(21)13-4-6-15(22-2)7-5-13/h3-9,17,19H,10-11H2,1-2H3,(H,20,21). The van der Waals surface area contributed by atoms with Gasteiger partial charge in [-0.3, -0.25) is 4.79 Å². The third-order valence-electron chi connectivity index (χ3n) is 4.00. The summed E-state index contributed by atoms with van der Waals surface area (Å²) in [5, 5.41) is 6.46. The van der Waals surface area contributed by atoms with Gasteiger partial charge in [-0.15, -0.1) is 0 Å². The highest BCUT2D eigenvalue weighted by Gasteiger charge is 2.21. The molecule has 3 rings (SSSR count). The molecule has 1 atom stereocenters. The van der Waals surface area contributed by atoms with Crippen LogP contribution in [-0.2, 0) is 6.54 Å². The Hall–Kier alpha value is -2.33. The lowest BCUT2D eigenvalue weighted by Crippen LogP contribution is -2.39. The van der Waals surface area contributed by atoms with Gasteiger partial charge in [-0.25, -0.2) is 0 Å². The van der Waals surface area contributed by atoms with E-state index in [-0.39, 0.29) is 11.9 Å². The SMILES string of the molecule is COc1ccc(C(=O)NC2CNCc3cc(C)ccc32)cc1. The first-order chi connectivity index (χ1) is 10.7. The summed E-state index contributed by atoms with van der Waals surface area (Å²) in [4.78, 5) is 12.4. The zero-order valence-electron chi connectivity index (χ0n) is 12.8. The van der Waals surface area contributed by atoms with E-state index in [2.05, 4.69) is 35.8 Å². The van der Waals surface area contributed by atoms with Gasteiger partial charge >= 0.3 is 0 Å². The minimum atomic E-state index is -0.0668. The van der Waals surface area contributed by atoms with E-state index in [9.17, 15) is 4.79 Å². The molecule has 1 aliphatic heterocycles. The Bertz CT molecular complexity index is 680. The molecule has 1 amide bonds. The number of carbonyl (C=O) groups excluding carboxylic acids is 1. The van der Waals surface area contributed by atoms with Gasteiger partial charge in [0.05, 0.1) is 13.2 Å². The van der Waals surface area contributed by atoms with Gasteiger partial charge in [-0.05, 0) is 42.3 Å². The highest BCUT2D eigenvalue weighted by Crippen LogP contribution is 2.23. The van der Waals surface area contributed by atoms with E-state index in [0.717, 1.165) is 18.8 Å². The van der Waals surface area contributed by atoms with Gasteiger partial charge in [-0.1, -0.05) is 23.8 Å². The Morgan fingerprint density at radius 1 is 1.23 bits per heavy atom. The highest BCUT2D eigenvalue weighted by molar-refractivity contribution is 5.94. The first-order valence-corrected chi connectivity index (χ1v) is 7.42. The van der Waals surface area contributed by atoms with E-state index in [0.29, 0.717) is 5.56 Å². The Morgan fingerprint density at radius 2 is 2.00 bits per heavy atom. The fraction of sp³-hybridized carbons (Fsp3) is 0.278. The molecule has 114 valence electrons. The number of amides is 1. The molecule has 0 aliphatic carbocycles. The van der Waals surface area contributed by atoms with Crippen molar-refractivity contribution in [2.75, 3.05) is 13.7 Å². The number of ether oxygens (including phenoxy) is 1. The summed E-state index contributed by atoms with van der Waals surface area (Å²) in [6.07, 6.45) is 0. The lowest BCUT2D eigenvalue weighted by molar-refractivity contribution is 0.0934. The Morgan fingerprint density at radius 3 is 2.73 bits per heavy atom. The van der Waals surface area contributed by atoms with Gasteiger partial charge in [0, 0.05) is 18.7 Å². The molecule has 0 aromatic heterocycles. The van der Waals surface area contributed by atoms with Crippen LogP contribution in [0.25, 0.3) is 0 Å². The topological polar surface area (TPSA) is 50.4 Å². The maximum atomic E-state index is 12.4. The maximum Gasteiger partial charge on any atom is 0.251 e. The largest absolute Gasteiger partial charge is 0.497 e. The average Bonchev–Trinajstić information content (AvgIpc) is 2.55. The van der Waals surface area contributed by atoms with Crippen LogP contribution in [0.15, 0.2) is 42.5 Å². The molecule has 0 fully saturated rings. The van der Waals surface area contributed by atoms with Gasteiger partial charge < -0.3 is 15.4 Å². The molecule has 22 heavy (non-hydrogen) atoms. The number of carbonyl (C=O) groups is 1. The highest BCUT2D eigenvalue weighted by atomic mass is 16.5. The lowest BCUT2D eigenvalue weighted by Gasteiger charge is -2.27. The Labute approximate surface area is 130 Å². The number of aryl methyl sites for hydroxylation is 1. The Kier molecular flexibility index (Phi) is 4.11. The van der Waals surface area contributed by atoms with Crippen LogP contribution >= 0.6 is 0 Å². The lowest BCUT2D eigenvalue weighted by atomic mass is 9.95. The van der Waals surface area contributed by atoms with Crippen molar-refractivity contribution in [2.45, 2.75) is 19.5 Å². The van der Waals surface area contributed by atoms with Gasteiger partial charge in [0.15, 0.2) is 0 Å². The predicted molar refractivity (Wildman–Crippen MR) is 86.1 cm³/mol. The van der Waals surface area contributed by atoms with Crippen molar-refractivity contribution < 1.29 is 9.53 Å². The quantitative estimate of drug-likeness (QED) is 0.915. The second-order valence-corrected chi connectivity index (χ2v) is 5.59. The van der Waals surface area contributed by atoms with Crippen LogP contribution < -0.4 is 15.4 Å². The van der Waals surface area contributed by atoms with Crippen molar-refractivity contribution in [2.24, 2.45) is 0 Å². The first kappa shape index (κ1) is 14.6. The van der Waals surface area contributed by atoms with Crippen LogP contribution in [0.1, 0.15) is 33.1 Å². The van der Waals surface area contributed by atoms with Gasteiger partial charge in [0.25, 0.3) is 5.91 Å². The summed E-state index contributed by atoms with van der Waals surface area (Å²) in [5.41, 5.74) is 4.33. The van der Waals surface area contributed by atoms with E-state index in [1.54, 1.807) is 31.4 Å². The number of hydrogen-bond acceptors (Lipinski definition) is 3. The summed E-state index contributed by atoms with van der Waals surface area (Å²) in [5.74, 6) is 0.680. The number of hydrogen-bond donors (Lipinski definition) is 2. The summed E-state index contributed by atoms with van der Waals surface area (Å²) in [6.45, 7) is 3.68. The van der Waals surface area contributed by atoms with Crippen molar-refractivity contribution >= 4 is 5.91 Å². The summed E-state index contributed by atoms with van der Waals surface area (Å²) in [7, 11) is 1.61. The Balaban J connectivity index is 1.77. The monoisotopic (exact) mass is 296 g/mol. The molecular weight excluding hydrogens is 276 g/mol. The van der Waals surface area contributed by atoms with Crippen molar-refractivity contribution in [3.63, 3.8) is 0 Å². The molecule has 0 saturated carbocycles. The molecule has 0 saturated heterocycles. The number of rotatable bonds is 3. The van der Waals surface area contributed by atoms with Gasteiger partial charge in [0.1, 0.15) is 5.75 Å². The normalized spacial score (nSPS) is 16.7.